The van der Waals surface area contributed by atoms with E-state index >= 15 is 0 Å². The molecule has 5 rings (SSSR count). The number of rotatable bonds is 5. The van der Waals surface area contributed by atoms with Gasteiger partial charge < -0.3 is 19.9 Å². The van der Waals surface area contributed by atoms with Gasteiger partial charge in [0.15, 0.2) is 11.5 Å². The van der Waals surface area contributed by atoms with Gasteiger partial charge in [0.05, 0.1) is 12.8 Å². The first-order chi connectivity index (χ1) is 16.1. The summed E-state index contributed by atoms with van der Waals surface area (Å²) in [5.41, 5.74) is 1.41. The molecular formula is C25H28ClN5O2. The second kappa shape index (κ2) is 9.43. The Kier molecular flexibility index (Phi) is 6.22. The third kappa shape index (κ3) is 4.42. The molecule has 0 unspecified atom stereocenters. The lowest BCUT2D eigenvalue weighted by atomic mass is 10.1. The minimum atomic E-state index is -0.130. The van der Waals surface area contributed by atoms with E-state index < -0.39 is 0 Å². The number of carbonyl (C=O) groups is 1. The third-order valence-corrected chi connectivity index (χ3v) is 6.87. The van der Waals surface area contributed by atoms with Crippen LogP contribution in [0.1, 0.15) is 36.2 Å². The predicted octanol–water partition coefficient (Wildman–Crippen LogP) is 4.29. The van der Waals surface area contributed by atoms with Crippen LogP contribution in [-0.4, -0.2) is 55.4 Å². The van der Waals surface area contributed by atoms with Crippen LogP contribution < -0.4 is 19.9 Å². The Hall–Kier alpha value is -3.06. The summed E-state index contributed by atoms with van der Waals surface area (Å²) in [4.78, 5) is 17.4. The molecular weight excluding hydrogens is 438 g/mol. The maximum atomic E-state index is 12.9. The molecule has 0 bridgehead atoms. The smallest absolute Gasteiger partial charge is 0.272 e. The maximum Gasteiger partial charge on any atom is 0.272 e. The van der Waals surface area contributed by atoms with Crippen LogP contribution in [0, 0.1) is 0 Å². The number of aromatic nitrogens is 2. The number of ether oxygens (including phenoxy) is 1. The van der Waals surface area contributed by atoms with Gasteiger partial charge in [-0.25, -0.2) is 0 Å². The fourth-order valence-electron chi connectivity index (χ4n) is 4.88. The summed E-state index contributed by atoms with van der Waals surface area (Å²) in [5, 5.41) is 14.5. The Labute approximate surface area is 198 Å². The standard InChI is InChI=1S/C25H28ClN5O2/c1-33-22-11-10-17(26)16-21(22)30-12-14-31(15-13-30)24-20-9-5-4-8-19(20)23(28-29-24)25(32)27-18-6-2-3-7-18/h4-5,8-11,16,18H,2-3,6-7,12-15H2,1H3,(H,27,32). The van der Waals surface area contributed by atoms with Crippen molar-refractivity contribution in [2.45, 2.75) is 31.7 Å². The Morgan fingerprint density at radius 3 is 2.42 bits per heavy atom. The van der Waals surface area contributed by atoms with Crippen molar-refractivity contribution in [1.29, 1.82) is 0 Å². The molecule has 1 aliphatic heterocycles. The van der Waals surface area contributed by atoms with Gasteiger partial charge in [-0.1, -0.05) is 48.7 Å². The quantitative estimate of drug-likeness (QED) is 0.606. The normalized spacial score (nSPS) is 16.9. The van der Waals surface area contributed by atoms with E-state index in [0.29, 0.717) is 10.7 Å². The van der Waals surface area contributed by atoms with Gasteiger partial charge in [-0.05, 0) is 31.0 Å². The summed E-state index contributed by atoms with van der Waals surface area (Å²) >= 11 is 6.23. The highest BCUT2D eigenvalue weighted by Crippen LogP contribution is 2.33. The minimum Gasteiger partial charge on any atom is -0.495 e. The summed E-state index contributed by atoms with van der Waals surface area (Å²) < 4.78 is 5.53. The van der Waals surface area contributed by atoms with Gasteiger partial charge in [0.25, 0.3) is 5.91 Å². The van der Waals surface area contributed by atoms with Gasteiger partial charge >= 0.3 is 0 Å². The molecule has 2 fully saturated rings. The average Bonchev–Trinajstić information content (AvgIpc) is 3.36. The van der Waals surface area contributed by atoms with Crippen molar-refractivity contribution < 1.29 is 9.53 Å². The second-order valence-electron chi connectivity index (χ2n) is 8.66. The summed E-state index contributed by atoms with van der Waals surface area (Å²) in [6.07, 6.45) is 4.42. The fourth-order valence-corrected chi connectivity index (χ4v) is 5.05. The summed E-state index contributed by atoms with van der Waals surface area (Å²) in [6.45, 7) is 3.16. The number of hydrogen-bond acceptors (Lipinski definition) is 6. The topological polar surface area (TPSA) is 70.6 Å². The van der Waals surface area contributed by atoms with Gasteiger partial charge in [0.1, 0.15) is 5.75 Å². The molecule has 2 aromatic carbocycles. The van der Waals surface area contributed by atoms with Gasteiger partial charge in [-0.2, -0.15) is 0 Å². The highest BCUT2D eigenvalue weighted by Gasteiger charge is 2.25. The van der Waals surface area contributed by atoms with E-state index in [9.17, 15) is 4.79 Å². The number of nitrogens with zero attached hydrogens (tertiary/aromatic N) is 4. The number of benzene rings is 2. The van der Waals surface area contributed by atoms with Crippen LogP contribution in [0.2, 0.25) is 5.02 Å². The van der Waals surface area contributed by atoms with Crippen LogP contribution in [0.25, 0.3) is 10.8 Å². The molecule has 1 saturated carbocycles. The van der Waals surface area contributed by atoms with Crippen LogP contribution in [0.3, 0.4) is 0 Å². The molecule has 1 N–H and O–H groups in total. The molecule has 2 aliphatic rings. The molecule has 8 heteroatoms. The van der Waals surface area contributed by atoms with Crippen LogP contribution in [0.5, 0.6) is 5.75 Å². The zero-order valence-electron chi connectivity index (χ0n) is 18.8. The maximum absolute atomic E-state index is 12.9. The highest BCUT2D eigenvalue weighted by atomic mass is 35.5. The number of anilines is 2. The van der Waals surface area contributed by atoms with Gasteiger partial charge in [0.2, 0.25) is 0 Å². The van der Waals surface area contributed by atoms with E-state index in [-0.39, 0.29) is 11.9 Å². The molecule has 2 heterocycles. The molecule has 7 nitrogen and oxygen atoms in total. The summed E-state index contributed by atoms with van der Waals surface area (Å²) in [5.74, 6) is 1.51. The summed E-state index contributed by atoms with van der Waals surface area (Å²) in [6, 6.07) is 13.9. The van der Waals surface area contributed by atoms with E-state index in [0.717, 1.165) is 67.0 Å². The third-order valence-electron chi connectivity index (χ3n) is 6.63. The van der Waals surface area contributed by atoms with E-state index in [1.165, 1.54) is 12.8 Å². The Balaban J connectivity index is 1.37. The molecule has 33 heavy (non-hydrogen) atoms. The van der Waals surface area contributed by atoms with Crippen LogP contribution in [0.15, 0.2) is 42.5 Å². The van der Waals surface area contributed by atoms with Crippen molar-refractivity contribution in [3.8, 4) is 5.75 Å². The van der Waals surface area contributed by atoms with Crippen molar-refractivity contribution in [3.05, 3.63) is 53.2 Å². The molecule has 0 radical (unpaired) electrons. The summed E-state index contributed by atoms with van der Waals surface area (Å²) in [7, 11) is 1.68. The van der Waals surface area contributed by atoms with Crippen LogP contribution >= 0.6 is 11.6 Å². The number of methoxy groups -OCH3 is 1. The first-order valence-corrected chi connectivity index (χ1v) is 11.9. The van der Waals surface area contributed by atoms with Gasteiger partial charge in [-0.3, -0.25) is 4.79 Å². The van der Waals surface area contributed by atoms with Crippen molar-refractivity contribution in [2.75, 3.05) is 43.1 Å². The van der Waals surface area contributed by atoms with Crippen LogP contribution in [-0.2, 0) is 0 Å². The number of fused-ring (bicyclic) bond motifs is 1. The number of nitrogens with one attached hydrogen (secondary N) is 1. The number of amides is 1. The van der Waals surface area contributed by atoms with E-state index in [1.807, 2.05) is 42.5 Å². The Morgan fingerprint density at radius 2 is 1.70 bits per heavy atom. The Bertz CT molecular complexity index is 1160. The molecule has 1 aliphatic carbocycles. The average molecular weight is 466 g/mol. The molecule has 0 atom stereocenters. The first kappa shape index (κ1) is 21.8. The zero-order chi connectivity index (χ0) is 22.8. The first-order valence-electron chi connectivity index (χ1n) is 11.5. The monoisotopic (exact) mass is 465 g/mol. The molecule has 0 spiro atoms. The number of halogens is 1. The van der Waals surface area contributed by atoms with Crippen molar-refractivity contribution in [3.63, 3.8) is 0 Å². The zero-order valence-corrected chi connectivity index (χ0v) is 19.5. The Morgan fingerprint density at radius 1 is 1.00 bits per heavy atom. The predicted molar refractivity (Wildman–Crippen MR) is 132 cm³/mol. The second-order valence-corrected chi connectivity index (χ2v) is 9.10. The minimum absolute atomic E-state index is 0.130. The molecule has 3 aromatic rings. The van der Waals surface area contributed by atoms with Gasteiger partial charge in [0, 0.05) is 48.0 Å². The van der Waals surface area contributed by atoms with E-state index in [2.05, 4.69) is 25.3 Å². The number of piperazine rings is 1. The fraction of sp³-hybridized carbons (Fsp3) is 0.400. The van der Waals surface area contributed by atoms with Crippen LogP contribution in [0.4, 0.5) is 11.5 Å². The largest absolute Gasteiger partial charge is 0.495 e. The molecule has 1 saturated heterocycles. The molecule has 1 aromatic heterocycles. The van der Waals surface area contributed by atoms with Gasteiger partial charge in [-0.15, -0.1) is 10.2 Å². The SMILES string of the molecule is COc1ccc(Cl)cc1N1CCN(c2nnc(C(=O)NC3CCCC3)c3ccccc23)CC1. The lowest BCUT2D eigenvalue weighted by Crippen LogP contribution is -2.47. The van der Waals surface area contributed by atoms with Crippen molar-refractivity contribution in [2.24, 2.45) is 0 Å². The molecule has 172 valence electrons. The van der Waals surface area contributed by atoms with Crippen molar-refractivity contribution >= 4 is 39.8 Å². The van der Waals surface area contributed by atoms with E-state index in [4.69, 9.17) is 16.3 Å². The molecule has 1 amide bonds. The number of carbonyl (C=O) groups excluding carboxylic acids is 1. The number of hydrogen-bond donors (Lipinski definition) is 1. The van der Waals surface area contributed by atoms with E-state index in [1.54, 1.807) is 7.11 Å². The lowest BCUT2D eigenvalue weighted by molar-refractivity contribution is 0.0933. The van der Waals surface area contributed by atoms with Crippen molar-refractivity contribution in [1.82, 2.24) is 15.5 Å². The highest BCUT2D eigenvalue weighted by molar-refractivity contribution is 6.31. The lowest BCUT2D eigenvalue weighted by Gasteiger charge is -2.37.